The summed E-state index contributed by atoms with van der Waals surface area (Å²) in [7, 11) is -0.234. The van der Waals surface area contributed by atoms with Crippen LogP contribution in [0.2, 0.25) is 0 Å². The van der Waals surface area contributed by atoms with Gasteiger partial charge in [0, 0.05) is 5.08 Å². The molecule has 0 N–H and O–H groups in total. The van der Waals surface area contributed by atoms with Crippen molar-refractivity contribution in [2.75, 3.05) is 41.6 Å². The monoisotopic (exact) mass is 166 g/mol. The summed E-state index contributed by atoms with van der Waals surface area (Å²) in [4.78, 5) is 0. The van der Waals surface area contributed by atoms with E-state index in [2.05, 4.69) is 25.0 Å². The third-order valence-corrected chi connectivity index (χ3v) is 9.81. The van der Waals surface area contributed by atoms with E-state index >= 15 is 0 Å². The van der Waals surface area contributed by atoms with Gasteiger partial charge in [-0.2, -0.15) is 0 Å². The van der Waals surface area contributed by atoms with Crippen molar-refractivity contribution >= 4 is 20.1 Å². The molecule has 1 rings (SSSR count). The lowest BCUT2D eigenvalue weighted by Crippen LogP contribution is -1.97. The average molecular weight is 166 g/mol. The summed E-state index contributed by atoms with van der Waals surface area (Å²) in [5.74, 6) is 3.07. The number of hydrogen-bond donors (Lipinski definition) is 0. The van der Waals surface area contributed by atoms with Crippen LogP contribution in [0.1, 0.15) is 0 Å². The van der Waals surface area contributed by atoms with E-state index in [1.54, 1.807) is 5.08 Å². The Morgan fingerprint density at radius 2 is 1.11 bits per heavy atom. The molecule has 0 atom stereocenters. The Balaban J connectivity index is 2.58. The molecule has 0 aromatic rings. The van der Waals surface area contributed by atoms with Crippen molar-refractivity contribution in [3.05, 3.63) is 0 Å². The Hall–Kier alpha value is 0.700. The highest BCUT2D eigenvalue weighted by molar-refractivity contribution is 8.50. The molecule has 0 bridgehead atoms. The summed E-state index contributed by atoms with van der Waals surface area (Å²) in [5.41, 5.74) is 0. The summed E-state index contributed by atoms with van der Waals surface area (Å²) in [6.45, 7) is 0. The van der Waals surface area contributed by atoms with Crippen LogP contribution >= 0.6 is 20.1 Å². The van der Waals surface area contributed by atoms with Crippen LogP contribution in [0, 0.1) is 0 Å². The first-order valence-corrected chi connectivity index (χ1v) is 8.86. The number of hydrogen-bond acceptors (Lipinski definition) is 0. The molecule has 0 aliphatic carbocycles. The molecule has 0 aromatic heterocycles. The molecular weight excluding hydrogens is 148 g/mol. The average Bonchev–Trinajstić information content (AvgIpc) is 1.78. The molecule has 58 valence electrons. The zero-order valence-corrected chi connectivity index (χ0v) is 8.57. The van der Waals surface area contributed by atoms with E-state index in [4.69, 9.17) is 0 Å². The van der Waals surface area contributed by atoms with Crippen molar-refractivity contribution in [1.29, 1.82) is 0 Å². The Labute approximate surface area is 62.0 Å². The van der Waals surface area contributed by atoms with Gasteiger partial charge in [-0.3, -0.25) is 0 Å². The SMILES string of the molecule is CS1(C)CCS(C)(C)C1. The van der Waals surface area contributed by atoms with Crippen molar-refractivity contribution in [2.24, 2.45) is 0 Å². The first kappa shape index (κ1) is 7.80. The maximum absolute atomic E-state index is 2.48. The van der Waals surface area contributed by atoms with E-state index in [1.807, 2.05) is 0 Å². The van der Waals surface area contributed by atoms with Gasteiger partial charge in [-0.05, 0) is 36.5 Å². The van der Waals surface area contributed by atoms with Crippen LogP contribution in [-0.4, -0.2) is 41.6 Å². The molecule has 0 saturated carbocycles. The highest BCUT2D eigenvalue weighted by Crippen LogP contribution is 2.62. The molecule has 9 heavy (non-hydrogen) atoms. The standard InChI is InChI=1S/C7H18S2/c1-8(2)5-6-9(3,4)7-8/h5-7H2,1-4H3. The van der Waals surface area contributed by atoms with Gasteiger partial charge in [-0.15, -0.1) is 0 Å². The maximum atomic E-state index is 2.48. The fourth-order valence-electron chi connectivity index (χ4n) is 1.43. The molecule has 2 heteroatoms. The van der Waals surface area contributed by atoms with Crippen LogP contribution < -0.4 is 0 Å². The van der Waals surface area contributed by atoms with Crippen LogP contribution in [0.4, 0.5) is 0 Å². The quantitative estimate of drug-likeness (QED) is 0.517. The van der Waals surface area contributed by atoms with Crippen LogP contribution in [0.3, 0.4) is 0 Å². The Morgan fingerprint density at radius 1 is 0.778 bits per heavy atom. The van der Waals surface area contributed by atoms with Crippen LogP contribution in [0.25, 0.3) is 0 Å². The molecule has 0 unspecified atom stereocenters. The van der Waals surface area contributed by atoms with Gasteiger partial charge in [0.05, 0.1) is 0 Å². The first-order chi connectivity index (χ1) is 3.91. The summed E-state index contributed by atoms with van der Waals surface area (Å²) < 4.78 is 0. The van der Waals surface area contributed by atoms with E-state index in [1.165, 1.54) is 11.5 Å². The lowest BCUT2D eigenvalue weighted by atomic mass is 11.0. The van der Waals surface area contributed by atoms with E-state index in [0.29, 0.717) is 0 Å². The second kappa shape index (κ2) is 2.09. The molecule has 0 spiro atoms. The highest BCUT2D eigenvalue weighted by atomic mass is 32.3. The fraction of sp³-hybridized carbons (Fsp3) is 1.00. The fourth-order valence-corrected chi connectivity index (χ4v) is 12.9. The van der Waals surface area contributed by atoms with Gasteiger partial charge in [0.25, 0.3) is 0 Å². The van der Waals surface area contributed by atoms with Gasteiger partial charge < -0.3 is 0 Å². The largest absolute Gasteiger partial charge is 0.238 e. The summed E-state index contributed by atoms with van der Waals surface area (Å²) >= 11 is 0. The van der Waals surface area contributed by atoms with E-state index in [-0.39, 0.29) is 20.1 Å². The van der Waals surface area contributed by atoms with Crippen LogP contribution in [0.15, 0.2) is 0 Å². The zero-order chi connectivity index (χ0) is 7.12. The zero-order valence-electron chi connectivity index (χ0n) is 6.94. The first-order valence-electron chi connectivity index (χ1n) is 3.29. The molecule has 1 heterocycles. The van der Waals surface area contributed by atoms with Crippen molar-refractivity contribution in [3.63, 3.8) is 0 Å². The second-order valence-electron chi connectivity index (χ2n) is 4.06. The van der Waals surface area contributed by atoms with E-state index in [9.17, 15) is 0 Å². The van der Waals surface area contributed by atoms with Gasteiger partial charge in [-0.25, -0.2) is 20.1 Å². The molecule has 0 radical (unpaired) electrons. The molecule has 1 aliphatic heterocycles. The smallest absolute Gasteiger partial charge is 0.00686 e. The molecule has 1 fully saturated rings. The Bertz CT molecular complexity index is 102. The summed E-state index contributed by atoms with van der Waals surface area (Å²) in [6.07, 6.45) is 9.92. The molecular formula is C7H18S2. The van der Waals surface area contributed by atoms with Crippen molar-refractivity contribution < 1.29 is 0 Å². The Morgan fingerprint density at radius 3 is 1.22 bits per heavy atom. The van der Waals surface area contributed by atoms with Crippen LogP contribution in [0.5, 0.6) is 0 Å². The van der Waals surface area contributed by atoms with Crippen molar-refractivity contribution in [1.82, 2.24) is 0 Å². The lowest BCUT2D eigenvalue weighted by Gasteiger charge is -2.29. The summed E-state index contributed by atoms with van der Waals surface area (Å²) in [5, 5.41) is 1.57. The molecule has 1 saturated heterocycles. The van der Waals surface area contributed by atoms with Gasteiger partial charge >= 0.3 is 0 Å². The second-order valence-corrected chi connectivity index (χ2v) is 12.9. The third-order valence-electron chi connectivity index (χ3n) is 1.83. The van der Waals surface area contributed by atoms with Gasteiger partial charge in [0.15, 0.2) is 0 Å². The van der Waals surface area contributed by atoms with E-state index in [0.717, 1.165) is 0 Å². The minimum atomic E-state index is -0.117. The van der Waals surface area contributed by atoms with Crippen molar-refractivity contribution in [2.45, 2.75) is 0 Å². The minimum Gasteiger partial charge on any atom is -0.238 e. The maximum Gasteiger partial charge on any atom is 0.00686 e. The van der Waals surface area contributed by atoms with Gasteiger partial charge in [0.2, 0.25) is 0 Å². The van der Waals surface area contributed by atoms with Gasteiger partial charge in [0.1, 0.15) is 0 Å². The molecule has 0 amide bonds. The normalized spacial score (nSPS) is 37.8. The van der Waals surface area contributed by atoms with Crippen molar-refractivity contribution in [3.8, 4) is 0 Å². The topological polar surface area (TPSA) is 0 Å². The van der Waals surface area contributed by atoms with Crippen LogP contribution in [-0.2, 0) is 0 Å². The minimum absolute atomic E-state index is 0.117. The number of rotatable bonds is 0. The highest BCUT2D eigenvalue weighted by Gasteiger charge is 2.28. The lowest BCUT2D eigenvalue weighted by molar-refractivity contribution is 1.53. The third kappa shape index (κ3) is 2.08. The van der Waals surface area contributed by atoms with E-state index < -0.39 is 0 Å². The molecule has 0 nitrogen and oxygen atoms in total. The summed E-state index contributed by atoms with van der Waals surface area (Å²) in [6, 6.07) is 0. The predicted octanol–water partition coefficient (Wildman–Crippen LogP) is 2.09. The molecule has 1 aliphatic rings. The van der Waals surface area contributed by atoms with Gasteiger partial charge in [-0.1, -0.05) is 0 Å². The molecule has 0 aromatic carbocycles. The Kier molecular flexibility index (Phi) is 1.81. The predicted molar refractivity (Wildman–Crippen MR) is 53.5 cm³/mol.